The standard InChI is InChI=1S/C16H21N3OS/c1-2-10-17-16(21)18-14-9-5-4-8-13(14)15(20)19-11-6-3-7-12-19/h2,4-5,8-9H,1,3,6-7,10-12H2,(H2,17,18,21). The number of thiocarbonyl (C=S) groups is 1. The third-order valence-corrected chi connectivity index (χ3v) is 3.70. The van der Waals surface area contributed by atoms with E-state index in [9.17, 15) is 4.79 Å². The Morgan fingerprint density at radius 1 is 1.29 bits per heavy atom. The predicted molar refractivity (Wildman–Crippen MR) is 90.6 cm³/mol. The highest BCUT2D eigenvalue weighted by molar-refractivity contribution is 7.80. The maximum atomic E-state index is 12.6. The van der Waals surface area contributed by atoms with Crippen molar-refractivity contribution in [3.63, 3.8) is 0 Å². The average Bonchev–Trinajstić information content (AvgIpc) is 2.53. The molecular formula is C16H21N3OS. The Bertz CT molecular complexity index is 524. The van der Waals surface area contributed by atoms with Gasteiger partial charge in [-0.2, -0.15) is 0 Å². The minimum atomic E-state index is 0.0734. The quantitative estimate of drug-likeness (QED) is 0.663. The van der Waals surface area contributed by atoms with E-state index in [0.29, 0.717) is 17.2 Å². The number of hydrogen-bond donors (Lipinski definition) is 2. The number of nitrogens with one attached hydrogen (secondary N) is 2. The fourth-order valence-corrected chi connectivity index (χ4v) is 2.57. The molecule has 5 heteroatoms. The van der Waals surface area contributed by atoms with Crippen LogP contribution in [0.15, 0.2) is 36.9 Å². The Labute approximate surface area is 131 Å². The first-order valence-electron chi connectivity index (χ1n) is 7.26. The van der Waals surface area contributed by atoms with Gasteiger partial charge in [0.25, 0.3) is 5.91 Å². The molecule has 21 heavy (non-hydrogen) atoms. The Hall–Kier alpha value is -1.88. The minimum Gasteiger partial charge on any atom is -0.359 e. The van der Waals surface area contributed by atoms with Crippen LogP contribution in [0.1, 0.15) is 29.6 Å². The monoisotopic (exact) mass is 303 g/mol. The van der Waals surface area contributed by atoms with E-state index >= 15 is 0 Å². The van der Waals surface area contributed by atoms with Crippen molar-refractivity contribution in [3.05, 3.63) is 42.5 Å². The van der Waals surface area contributed by atoms with E-state index in [1.165, 1.54) is 6.42 Å². The maximum absolute atomic E-state index is 12.6. The van der Waals surface area contributed by atoms with Gasteiger partial charge in [0.2, 0.25) is 0 Å². The number of carbonyl (C=O) groups excluding carboxylic acids is 1. The molecule has 0 aliphatic carbocycles. The highest BCUT2D eigenvalue weighted by atomic mass is 32.1. The molecular weight excluding hydrogens is 282 g/mol. The van der Waals surface area contributed by atoms with Crippen molar-refractivity contribution in [2.75, 3.05) is 25.0 Å². The number of nitrogens with zero attached hydrogens (tertiary/aromatic N) is 1. The first-order chi connectivity index (χ1) is 10.2. The summed E-state index contributed by atoms with van der Waals surface area (Å²) in [4.78, 5) is 14.5. The first-order valence-corrected chi connectivity index (χ1v) is 7.67. The number of anilines is 1. The lowest BCUT2D eigenvalue weighted by molar-refractivity contribution is 0.0725. The fourth-order valence-electron chi connectivity index (χ4n) is 2.38. The van der Waals surface area contributed by atoms with Crippen LogP contribution in [0.2, 0.25) is 0 Å². The molecule has 1 aliphatic rings. The van der Waals surface area contributed by atoms with E-state index in [4.69, 9.17) is 12.2 Å². The second-order valence-electron chi connectivity index (χ2n) is 5.02. The third-order valence-electron chi connectivity index (χ3n) is 3.46. The van der Waals surface area contributed by atoms with E-state index in [1.807, 2.05) is 29.2 Å². The van der Waals surface area contributed by atoms with Gasteiger partial charge in [0.05, 0.1) is 11.3 Å². The molecule has 1 aromatic rings. The molecule has 0 saturated carbocycles. The van der Waals surface area contributed by atoms with Crippen LogP contribution in [0.25, 0.3) is 0 Å². The summed E-state index contributed by atoms with van der Waals surface area (Å²) in [6, 6.07) is 7.49. The Morgan fingerprint density at radius 2 is 2.00 bits per heavy atom. The molecule has 2 rings (SSSR count). The van der Waals surface area contributed by atoms with Gasteiger partial charge in [-0.15, -0.1) is 6.58 Å². The van der Waals surface area contributed by atoms with Crippen molar-refractivity contribution in [1.29, 1.82) is 0 Å². The Morgan fingerprint density at radius 3 is 2.71 bits per heavy atom. The summed E-state index contributed by atoms with van der Waals surface area (Å²) in [6.45, 7) is 5.91. The summed E-state index contributed by atoms with van der Waals surface area (Å²) in [5.74, 6) is 0.0734. The molecule has 0 spiro atoms. The number of rotatable bonds is 4. The van der Waals surface area contributed by atoms with Crippen LogP contribution >= 0.6 is 12.2 Å². The van der Waals surface area contributed by atoms with Crippen molar-refractivity contribution in [3.8, 4) is 0 Å². The van der Waals surface area contributed by atoms with Gasteiger partial charge in [0.15, 0.2) is 5.11 Å². The van der Waals surface area contributed by atoms with Gasteiger partial charge in [-0.1, -0.05) is 18.2 Å². The molecule has 1 amide bonds. The van der Waals surface area contributed by atoms with Gasteiger partial charge in [0, 0.05) is 19.6 Å². The minimum absolute atomic E-state index is 0.0734. The zero-order valence-corrected chi connectivity index (χ0v) is 12.9. The van der Waals surface area contributed by atoms with Crippen LogP contribution in [-0.4, -0.2) is 35.6 Å². The van der Waals surface area contributed by atoms with E-state index in [1.54, 1.807) is 6.08 Å². The second kappa shape index (κ2) is 7.78. The van der Waals surface area contributed by atoms with Gasteiger partial charge in [0.1, 0.15) is 0 Å². The SMILES string of the molecule is C=CCNC(=S)Nc1ccccc1C(=O)N1CCCCC1. The lowest BCUT2D eigenvalue weighted by atomic mass is 10.1. The largest absolute Gasteiger partial charge is 0.359 e. The molecule has 1 fully saturated rings. The molecule has 0 unspecified atom stereocenters. The molecule has 0 radical (unpaired) electrons. The van der Waals surface area contributed by atoms with Crippen LogP contribution in [0.4, 0.5) is 5.69 Å². The number of benzene rings is 1. The molecule has 112 valence electrons. The summed E-state index contributed by atoms with van der Waals surface area (Å²) in [5, 5.41) is 6.59. The molecule has 1 heterocycles. The number of para-hydroxylation sites is 1. The smallest absolute Gasteiger partial charge is 0.255 e. The summed E-state index contributed by atoms with van der Waals surface area (Å²) in [5.41, 5.74) is 1.41. The number of piperidine rings is 1. The van der Waals surface area contributed by atoms with Crippen molar-refractivity contribution in [2.24, 2.45) is 0 Å². The summed E-state index contributed by atoms with van der Waals surface area (Å²) in [6.07, 6.45) is 5.11. The lowest BCUT2D eigenvalue weighted by Crippen LogP contribution is -2.36. The fraction of sp³-hybridized carbons (Fsp3) is 0.375. The first kappa shape index (κ1) is 15.5. The molecule has 1 aliphatic heterocycles. The number of likely N-dealkylation sites (tertiary alicyclic amines) is 1. The van der Waals surface area contributed by atoms with Crippen LogP contribution < -0.4 is 10.6 Å². The number of hydrogen-bond acceptors (Lipinski definition) is 2. The van der Waals surface area contributed by atoms with Crippen LogP contribution in [-0.2, 0) is 0 Å². The lowest BCUT2D eigenvalue weighted by Gasteiger charge is -2.27. The molecule has 0 atom stereocenters. The summed E-state index contributed by atoms with van der Waals surface area (Å²) in [7, 11) is 0. The Balaban J connectivity index is 2.10. The molecule has 4 nitrogen and oxygen atoms in total. The molecule has 2 N–H and O–H groups in total. The van der Waals surface area contributed by atoms with E-state index in [2.05, 4.69) is 17.2 Å². The van der Waals surface area contributed by atoms with Gasteiger partial charge in [-0.3, -0.25) is 4.79 Å². The highest BCUT2D eigenvalue weighted by Gasteiger charge is 2.20. The van der Waals surface area contributed by atoms with Crippen LogP contribution in [0, 0.1) is 0 Å². The normalized spacial score (nSPS) is 14.4. The van der Waals surface area contributed by atoms with E-state index in [0.717, 1.165) is 31.6 Å². The average molecular weight is 303 g/mol. The van der Waals surface area contributed by atoms with Gasteiger partial charge >= 0.3 is 0 Å². The van der Waals surface area contributed by atoms with Crippen molar-refractivity contribution in [1.82, 2.24) is 10.2 Å². The zero-order chi connectivity index (χ0) is 15.1. The molecule has 1 saturated heterocycles. The van der Waals surface area contributed by atoms with Crippen molar-refractivity contribution in [2.45, 2.75) is 19.3 Å². The molecule has 0 aromatic heterocycles. The van der Waals surface area contributed by atoms with E-state index < -0.39 is 0 Å². The molecule has 1 aromatic carbocycles. The van der Waals surface area contributed by atoms with Gasteiger partial charge in [-0.25, -0.2) is 0 Å². The predicted octanol–water partition coefficient (Wildman–Crippen LogP) is 2.79. The van der Waals surface area contributed by atoms with Crippen molar-refractivity contribution >= 4 is 28.9 Å². The topological polar surface area (TPSA) is 44.4 Å². The Kier molecular flexibility index (Phi) is 5.75. The number of carbonyl (C=O) groups is 1. The van der Waals surface area contributed by atoms with Gasteiger partial charge < -0.3 is 15.5 Å². The second-order valence-corrected chi connectivity index (χ2v) is 5.43. The van der Waals surface area contributed by atoms with Crippen LogP contribution in [0.3, 0.4) is 0 Å². The van der Waals surface area contributed by atoms with Crippen molar-refractivity contribution < 1.29 is 4.79 Å². The zero-order valence-electron chi connectivity index (χ0n) is 12.1. The highest BCUT2D eigenvalue weighted by Crippen LogP contribution is 2.19. The van der Waals surface area contributed by atoms with Gasteiger partial charge in [-0.05, 0) is 43.6 Å². The van der Waals surface area contributed by atoms with E-state index in [-0.39, 0.29) is 5.91 Å². The molecule has 0 bridgehead atoms. The number of amides is 1. The van der Waals surface area contributed by atoms with Crippen LogP contribution in [0.5, 0.6) is 0 Å². The third kappa shape index (κ3) is 4.29. The maximum Gasteiger partial charge on any atom is 0.255 e. The summed E-state index contributed by atoms with van der Waals surface area (Å²) >= 11 is 5.21. The summed E-state index contributed by atoms with van der Waals surface area (Å²) < 4.78 is 0.